The van der Waals surface area contributed by atoms with E-state index < -0.39 is 18.0 Å². The van der Waals surface area contributed by atoms with Crippen molar-refractivity contribution < 1.29 is 29.3 Å². The number of phenols is 2. The Labute approximate surface area is 174 Å². The van der Waals surface area contributed by atoms with Gasteiger partial charge in [0.05, 0.1) is 24.8 Å². The Bertz CT molecular complexity index is 957. The van der Waals surface area contributed by atoms with Gasteiger partial charge in [-0.25, -0.2) is 9.59 Å². The maximum absolute atomic E-state index is 12.9. The van der Waals surface area contributed by atoms with E-state index in [-0.39, 0.29) is 42.4 Å². The van der Waals surface area contributed by atoms with Crippen LogP contribution in [0.1, 0.15) is 24.1 Å². The molecule has 3 N–H and O–H groups in total. The monoisotopic (exact) mass is 412 g/mol. The average molecular weight is 412 g/mol. The van der Waals surface area contributed by atoms with Gasteiger partial charge in [-0.3, -0.25) is 4.90 Å². The molecule has 1 unspecified atom stereocenters. The van der Waals surface area contributed by atoms with E-state index in [9.17, 15) is 19.8 Å². The van der Waals surface area contributed by atoms with Crippen LogP contribution in [0, 0.1) is 0 Å². The molecule has 0 radical (unpaired) electrons. The van der Waals surface area contributed by atoms with Gasteiger partial charge in [0.1, 0.15) is 18.1 Å². The topological polar surface area (TPSA) is 108 Å². The molecule has 0 fully saturated rings. The largest absolute Gasteiger partial charge is 0.508 e. The first-order valence-corrected chi connectivity index (χ1v) is 9.43. The van der Waals surface area contributed by atoms with Gasteiger partial charge >= 0.3 is 12.0 Å². The number of hydrogen-bond donors (Lipinski definition) is 3. The van der Waals surface area contributed by atoms with Gasteiger partial charge < -0.3 is 25.0 Å². The van der Waals surface area contributed by atoms with E-state index in [1.54, 1.807) is 6.92 Å². The summed E-state index contributed by atoms with van der Waals surface area (Å²) >= 11 is 0. The lowest BCUT2D eigenvalue weighted by molar-refractivity contribution is -0.140. The number of methoxy groups -OCH3 is 1. The maximum atomic E-state index is 12.9. The van der Waals surface area contributed by atoms with Crippen LogP contribution in [0.4, 0.5) is 4.79 Å². The molecule has 2 aromatic carbocycles. The van der Waals surface area contributed by atoms with Crippen LogP contribution in [0.15, 0.2) is 59.8 Å². The maximum Gasteiger partial charge on any atom is 0.338 e. The first kappa shape index (κ1) is 21.2. The van der Waals surface area contributed by atoms with E-state index in [4.69, 9.17) is 9.47 Å². The molecule has 0 saturated carbocycles. The second kappa shape index (κ2) is 9.32. The van der Waals surface area contributed by atoms with Crippen molar-refractivity contribution in [1.82, 2.24) is 10.2 Å². The van der Waals surface area contributed by atoms with Gasteiger partial charge in [-0.15, -0.1) is 0 Å². The van der Waals surface area contributed by atoms with Crippen LogP contribution in [0.5, 0.6) is 11.5 Å². The molecule has 8 nitrogen and oxygen atoms in total. The minimum Gasteiger partial charge on any atom is -0.508 e. The van der Waals surface area contributed by atoms with Gasteiger partial charge in [0.25, 0.3) is 0 Å². The highest BCUT2D eigenvalue weighted by Crippen LogP contribution is 2.37. The molecule has 2 aromatic rings. The summed E-state index contributed by atoms with van der Waals surface area (Å²) in [5.74, 6) is -0.999. The van der Waals surface area contributed by atoms with Gasteiger partial charge in [0.15, 0.2) is 0 Å². The molecule has 2 amide bonds. The SMILES string of the molecule is COCCOC(=O)C1=C(C)N(Cc2ccccc2)C(=O)NC1c1ccc(O)cc1O. The standard InChI is InChI=1S/C22H24N2O6/c1-14-19(21(27)30-11-10-29-2)20(17-9-8-16(25)12-18(17)26)23-22(28)24(14)13-15-6-4-3-5-7-15/h3-9,12,20,25-26H,10-11,13H2,1-2H3,(H,23,28). The number of hydrogen-bond acceptors (Lipinski definition) is 6. The van der Waals surface area contributed by atoms with E-state index in [0.717, 1.165) is 11.6 Å². The van der Waals surface area contributed by atoms with Crippen molar-refractivity contribution in [3.8, 4) is 11.5 Å². The molecule has 158 valence electrons. The van der Waals surface area contributed by atoms with Crippen LogP contribution >= 0.6 is 0 Å². The Morgan fingerprint density at radius 2 is 1.87 bits per heavy atom. The van der Waals surface area contributed by atoms with Crippen molar-refractivity contribution in [2.45, 2.75) is 19.5 Å². The minimum absolute atomic E-state index is 0.0486. The molecule has 0 spiro atoms. The van der Waals surface area contributed by atoms with Crippen molar-refractivity contribution in [2.75, 3.05) is 20.3 Å². The van der Waals surface area contributed by atoms with Crippen LogP contribution in [0.2, 0.25) is 0 Å². The molecule has 1 aliphatic rings. The molecule has 30 heavy (non-hydrogen) atoms. The van der Waals surface area contributed by atoms with Crippen LogP contribution in [-0.2, 0) is 20.8 Å². The molecule has 0 aromatic heterocycles. The zero-order valence-electron chi connectivity index (χ0n) is 16.8. The second-order valence-electron chi connectivity index (χ2n) is 6.83. The smallest absolute Gasteiger partial charge is 0.338 e. The fraction of sp³-hybridized carbons (Fsp3) is 0.273. The van der Waals surface area contributed by atoms with E-state index in [1.165, 1.54) is 24.1 Å². The fourth-order valence-electron chi connectivity index (χ4n) is 3.31. The molecule has 8 heteroatoms. The van der Waals surface area contributed by atoms with E-state index in [2.05, 4.69) is 5.32 Å². The van der Waals surface area contributed by atoms with Crippen LogP contribution < -0.4 is 5.32 Å². The fourth-order valence-corrected chi connectivity index (χ4v) is 3.31. The van der Waals surface area contributed by atoms with Crippen molar-refractivity contribution in [3.05, 3.63) is 70.9 Å². The van der Waals surface area contributed by atoms with Crippen LogP contribution in [0.25, 0.3) is 0 Å². The highest BCUT2D eigenvalue weighted by molar-refractivity contribution is 5.95. The number of amides is 2. The molecule has 1 atom stereocenters. The third-order valence-electron chi connectivity index (χ3n) is 4.85. The molecule has 0 saturated heterocycles. The van der Waals surface area contributed by atoms with Gasteiger partial charge in [-0.2, -0.15) is 0 Å². The molecule has 0 aliphatic carbocycles. The molecular formula is C22H24N2O6. The second-order valence-corrected chi connectivity index (χ2v) is 6.83. The number of rotatable bonds is 7. The highest BCUT2D eigenvalue weighted by Gasteiger charge is 2.37. The Hall–Kier alpha value is -3.52. The first-order valence-electron chi connectivity index (χ1n) is 9.43. The van der Waals surface area contributed by atoms with E-state index in [0.29, 0.717) is 5.70 Å². The number of nitrogens with one attached hydrogen (secondary N) is 1. The van der Waals surface area contributed by atoms with Crippen molar-refractivity contribution in [2.24, 2.45) is 0 Å². The van der Waals surface area contributed by atoms with Gasteiger partial charge in [0.2, 0.25) is 0 Å². The summed E-state index contributed by atoms with van der Waals surface area (Å²) in [7, 11) is 1.50. The Balaban J connectivity index is 2.01. The van der Waals surface area contributed by atoms with Gasteiger partial charge in [0, 0.05) is 24.4 Å². The summed E-state index contributed by atoms with van der Waals surface area (Å²) in [4.78, 5) is 27.2. The van der Waals surface area contributed by atoms with Gasteiger partial charge in [-0.05, 0) is 24.6 Å². The van der Waals surface area contributed by atoms with E-state index >= 15 is 0 Å². The predicted octanol–water partition coefficient (Wildman–Crippen LogP) is 2.83. The normalized spacial score (nSPS) is 16.4. The molecule has 1 heterocycles. The molecule has 1 aliphatic heterocycles. The Kier molecular flexibility index (Phi) is 6.58. The van der Waals surface area contributed by atoms with Crippen LogP contribution in [0.3, 0.4) is 0 Å². The first-order chi connectivity index (χ1) is 14.4. The van der Waals surface area contributed by atoms with Gasteiger partial charge in [-0.1, -0.05) is 30.3 Å². The van der Waals surface area contributed by atoms with Crippen molar-refractivity contribution in [3.63, 3.8) is 0 Å². The lowest BCUT2D eigenvalue weighted by Crippen LogP contribution is -2.47. The summed E-state index contributed by atoms with van der Waals surface area (Å²) in [6.07, 6.45) is 0. The number of phenolic OH excluding ortho intramolecular Hbond substituents is 2. The number of nitrogens with zero attached hydrogens (tertiary/aromatic N) is 1. The Morgan fingerprint density at radius 1 is 1.13 bits per heavy atom. The summed E-state index contributed by atoms with van der Waals surface area (Å²) in [5.41, 5.74) is 1.79. The molecule has 3 rings (SSSR count). The van der Waals surface area contributed by atoms with Crippen LogP contribution in [-0.4, -0.2) is 47.4 Å². The van der Waals surface area contributed by atoms with Crippen molar-refractivity contribution in [1.29, 1.82) is 0 Å². The summed E-state index contributed by atoms with van der Waals surface area (Å²) in [5, 5.41) is 22.7. The third-order valence-corrected chi connectivity index (χ3v) is 4.85. The van der Waals surface area contributed by atoms with E-state index in [1.807, 2.05) is 30.3 Å². The summed E-state index contributed by atoms with van der Waals surface area (Å²) in [6.45, 7) is 2.21. The minimum atomic E-state index is -0.930. The summed E-state index contributed by atoms with van der Waals surface area (Å²) < 4.78 is 10.2. The number of aromatic hydroxyl groups is 2. The number of carbonyl (C=O) groups is 2. The number of urea groups is 1. The zero-order chi connectivity index (χ0) is 21.7. The number of ether oxygens (including phenoxy) is 2. The number of allylic oxidation sites excluding steroid dienone is 1. The average Bonchev–Trinajstić information content (AvgIpc) is 2.71. The lowest BCUT2D eigenvalue weighted by Gasteiger charge is -2.35. The van der Waals surface area contributed by atoms with Crippen molar-refractivity contribution >= 4 is 12.0 Å². The number of carbonyl (C=O) groups excluding carboxylic acids is 2. The number of esters is 1. The predicted molar refractivity (Wildman–Crippen MR) is 109 cm³/mol. The summed E-state index contributed by atoms with van der Waals surface area (Å²) in [6, 6.07) is 12.0. The zero-order valence-corrected chi connectivity index (χ0v) is 16.8. The highest BCUT2D eigenvalue weighted by atomic mass is 16.6. The Morgan fingerprint density at radius 3 is 2.53 bits per heavy atom. The molecular weight excluding hydrogens is 388 g/mol. The number of benzene rings is 2. The quantitative estimate of drug-likeness (QED) is 0.477. The lowest BCUT2D eigenvalue weighted by atomic mass is 9.94. The third kappa shape index (κ3) is 4.55. The molecule has 0 bridgehead atoms.